The smallest absolute Gasteiger partial charge is 0.200 e. The molecule has 0 amide bonds. The van der Waals surface area contributed by atoms with Gasteiger partial charge in [-0.3, -0.25) is 0 Å². The molecule has 0 atom stereocenters. The molecular weight excluding hydrogens is 265 g/mol. The van der Waals surface area contributed by atoms with E-state index in [1.807, 2.05) is 0 Å². The first-order valence-electron chi connectivity index (χ1n) is 5.31. The molecule has 1 N–H and O–H groups in total. The average molecular weight is 273 g/mol. The van der Waals surface area contributed by atoms with Crippen molar-refractivity contribution in [2.75, 3.05) is 5.32 Å². The van der Waals surface area contributed by atoms with Gasteiger partial charge in [-0.2, -0.15) is 0 Å². The van der Waals surface area contributed by atoms with Crippen molar-refractivity contribution in [2.45, 2.75) is 6.54 Å². The maximum atomic E-state index is 13.3. The molecule has 0 aromatic heterocycles. The van der Waals surface area contributed by atoms with Crippen molar-refractivity contribution in [3.8, 4) is 0 Å². The second-order valence-electron chi connectivity index (χ2n) is 3.78. The maximum absolute atomic E-state index is 13.3. The summed E-state index contributed by atoms with van der Waals surface area (Å²) in [7, 11) is 0. The highest BCUT2D eigenvalue weighted by Crippen LogP contribution is 2.27. The Bertz CT molecular complexity index is 569. The number of halogens is 5. The highest BCUT2D eigenvalue weighted by Gasteiger charge is 2.25. The molecule has 19 heavy (non-hydrogen) atoms. The number of hydrogen-bond donors (Lipinski definition) is 1. The van der Waals surface area contributed by atoms with Gasteiger partial charge in [0, 0.05) is 6.54 Å². The normalized spacial score (nSPS) is 10.6. The van der Waals surface area contributed by atoms with Crippen LogP contribution in [0.5, 0.6) is 0 Å². The summed E-state index contributed by atoms with van der Waals surface area (Å²) in [6.07, 6.45) is 0. The van der Waals surface area contributed by atoms with Crippen LogP contribution in [0.25, 0.3) is 0 Å². The Morgan fingerprint density at radius 3 is 1.68 bits per heavy atom. The number of benzene rings is 2. The number of hydrogen-bond acceptors (Lipinski definition) is 1. The van der Waals surface area contributed by atoms with Gasteiger partial charge in [-0.1, -0.05) is 30.3 Å². The van der Waals surface area contributed by atoms with Crippen molar-refractivity contribution < 1.29 is 22.0 Å². The van der Waals surface area contributed by atoms with Gasteiger partial charge >= 0.3 is 0 Å². The molecule has 0 unspecified atom stereocenters. The van der Waals surface area contributed by atoms with Crippen LogP contribution in [0.3, 0.4) is 0 Å². The molecule has 0 spiro atoms. The third-order valence-electron chi connectivity index (χ3n) is 2.52. The molecule has 0 radical (unpaired) electrons. The zero-order valence-electron chi connectivity index (χ0n) is 9.48. The van der Waals surface area contributed by atoms with Gasteiger partial charge < -0.3 is 5.32 Å². The zero-order chi connectivity index (χ0) is 14.0. The Kier molecular flexibility index (Phi) is 3.69. The second kappa shape index (κ2) is 5.26. The summed E-state index contributed by atoms with van der Waals surface area (Å²) in [5, 5.41) is 2.21. The molecule has 0 aliphatic rings. The number of rotatable bonds is 3. The molecule has 6 heteroatoms. The van der Waals surface area contributed by atoms with Crippen molar-refractivity contribution in [2.24, 2.45) is 0 Å². The van der Waals surface area contributed by atoms with Crippen LogP contribution in [-0.2, 0) is 6.54 Å². The van der Waals surface area contributed by atoms with Crippen LogP contribution in [0.15, 0.2) is 30.3 Å². The topological polar surface area (TPSA) is 12.0 Å². The molecule has 2 aromatic rings. The fourth-order valence-corrected chi connectivity index (χ4v) is 1.55. The lowest BCUT2D eigenvalue weighted by atomic mass is 10.2. The van der Waals surface area contributed by atoms with Gasteiger partial charge in [-0.25, -0.2) is 22.0 Å². The van der Waals surface area contributed by atoms with Gasteiger partial charge in [0.2, 0.25) is 5.82 Å². The molecule has 0 saturated heterocycles. The molecular formula is C13H8F5N. The lowest BCUT2D eigenvalue weighted by Crippen LogP contribution is -2.09. The molecule has 2 aromatic carbocycles. The van der Waals surface area contributed by atoms with Crippen LogP contribution in [0, 0.1) is 29.1 Å². The van der Waals surface area contributed by atoms with Gasteiger partial charge in [-0.05, 0) is 5.56 Å². The monoisotopic (exact) mass is 273 g/mol. The summed E-state index contributed by atoms with van der Waals surface area (Å²) in [5.41, 5.74) is -0.383. The molecule has 2 rings (SSSR count). The lowest BCUT2D eigenvalue weighted by molar-refractivity contribution is 0.381. The first-order chi connectivity index (χ1) is 9.02. The second-order valence-corrected chi connectivity index (χ2v) is 3.78. The Morgan fingerprint density at radius 2 is 1.16 bits per heavy atom. The van der Waals surface area contributed by atoms with E-state index in [2.05, 4.69) is 5.32 Å². The first-order valence-corrected chi connectivity index (χ1v) is 5.31. The fourth-order valence-electron chi connectivity index (χ4n) is 1.55. The van der Waals surface area contributed by atoms with Gasteiger partial charge in [-0.15, -0.1) is 0 Å². The summed E-state index contributed by atoms with van der Waals surface area (Å²) < 4.78 is 65.3. The average Bonchev–Trinajstić information content (AvgIpc) is 2.44. The largest absolute Gasteiger partial charge is 0.376 e. The molecule has 0 heterocycles. The van der Waals surface area contributed by atoms with E-state index in [1.165, 1.54) is 0 Å². The SMILES string of the molecule is Fc1c(F)c(F)c(NCc2ccccc2)c(F)c1F. The quantitative estimate of drug-likeness (QED) is 0.506. The van der Waals surface area contributed by atoms with E-state index in [4.69, 9.17) is 0 Å². The summed E-state index contributed by atoms with van der Waals surface area (Å²) in [6, 6.07) is 8.42. The van der Waals surface area contributed by atoms with Gasteiger partial charge in [0.15, 0.2) is 23.3 Å². The van der Waals surface area contributed by atoms with E-state index in [-0.39, 0.29) is 6.54 Å². The van der Waals surface area contributed by atoms with E-state index >= 15 is 0 Å². The Morgan fingerprint density at radius 1 is 0.684 bits per heavy atom. The molecule has 0 bridgehead atoms. The van der Waals surface area contributed by atoms with Gasteiger partial charge in [0.1, 0.15) is 5.69 Å². The third kappa shape index (κ3) is 2.52. The predicted molar refractivity (Wildman–Crippen MR) is 60.0 cm³/mol. The van der Waals surface area contributed by atoms with Crippen molar-refractivity contribution in [1.82, 2.24) is 0 Å². The van der Waals surface area contributed by atoms with Crippen LogP contribution in [0.4, 0.5) is 27.6 Å². The van der Waals surface area contributed by atoms with Gasteiger partial charge in [0.05, 0.1) is 0 Å². The van der Waals surface area contributed by atoms with Gasteiger partial charge in [0.25, 0.3) is 0 Å². The summed E-state index contributed by atoms with van der Waals surface area (Å²) in [6.45, 7) is -0.0564. The van der Waals surface area contributed by atoms with E-state index in [0.29, 0.717) is 5.56 Å². The van der Waals surface area contributed by atoms with E-state index in [1.54, 1.807) is 30.3 Å². The Balaban J connectivity index is 2.31. The highest BCUT2D eigenvalue weighted by molar-refractivity contribution is 5.48. The summed E-state index contributed by atoms with van der Waals surface area (Å²) in [4.78, 5) is 0. The summed E-state index contributed by atoms with van der Waals surface area (Å²) >= 11 is 0. The molecule has 0 fully saturated rings. The summed E-state index contributed by atoms with van der Waals surface area (Å²) in [5.74, 6) is -9.83. The van der Waals surface area contributed by atoms with Crippen molar-refractivity contribution in [3.05, 3.63) is 65.0 Å². The van der Waals surface area contributed by atoms with E-state index in [9.17, 15) is 22.0 Å². The zero-order valence-corrected chi connectivity index (χ0v) is 9.48. The van der Waals surface area contributed by atoms with Crippen LogP contribution < -0.4 is 5.32 Å². The molecule has 0 aliphatic heterocycles. The highest BCUT2D eigenvalue weighted by atomic mass is 19.2. The van der Waals surface area contributed by atoms with Crippen LogP contribution in [-0.4, -0.2) is 0 Å². The predicted octanol–water partition coefficient (Wildman–Crippen LogP) is 3.99. The minimum Gasteiger partial charge on any atom is -0.376 e. The van der Waals surface area contributed by atoms with Crippen molar-refractivity contribution >= 4 is 5.69 Å². The third-order valence-corrected chi connectivity index (χ3v) is 2.52. The van der Waals surface area contributed by atoms with Crippen LogP contribution >= 0.6 is 0 Å². The minimum absolute atomic E-state index is 0.0564. The van der Waals surface area contributed by atoms with E-state index < -0.39 is 34.8 Å². The van der Waals surface area contributed by atoms with Crippen molar-refractivity contribution in [3.63, 3.8) is 0 Å². The minimum atomic E-state index is -2.17. The standard InChI is InChI=1S/C13H8F5N/c14-8-9(15)11(17)13(12(18)10(8)16)19-6-7-4-2-1-3-5-7/h1-5,19H,6H2. The lowest BCUT2D eigenvalue weighted by Gasteiger charge is -2.10. The van der Waals surface area contributed by atoms with Crippen LogP contribution in [0.1, 0.15) is 5.56 Å². The number of anilines is 1. The maximum Gasteiger partial charge on any atom is 0.200 e. The number of nitrogens with one attached hydrogen (secondary N) is 1. The Labute approximate surface area is 105 Å². The van der Waals surface area contributed by atoms with Crippen LogP contribution in [0.2, 0.25) is 0 Å². The fraction of sp³-hybridized carbons (Fsp3) is 0.0769. The molecule has 0 aliphatic carbocycles. The Hall–Kier alpha value is -2.11. The molecule has 0 saturated carbocycles. The first kappa shape index (κ1) is 13.3. The van der Waals surface area contributed by atoms with E-state index in [0.717, 1.165) is 0 Å². The molecule has 1 nitrogen and oxygen atoms in total. The van der Waals surface area contributed by atoms with Crippen molar-refractivity contribution in [1.29, 1.82) is 0 Å². The molecule has 100 valence electrons.